The maximum Gasteiger partial charge on any atom is 0.307 e. The van der Waals surface area contributed by atoms with E-state index in [2.05, 4.69) is 51.0 Å². The molecule has 1 aliphatic heterocycles. The molecule has 2 atom stereocenters. The molecule has 0 spiro atoms. The van der Waals surface area contributed by atoms with Crippen LogP contribution >= 0.6 is 12.2 Å². The van der Waals surface area contributed by atoms with Gasteiger partial charge in [0, 0.05) is 29.8 Å². The summed E-state index contributed by atoms with van der Waals surface area (Å²) in [6, 6.07) is 20.1. The van der Waals surface area contributed by atoms with Gasteiger partial charge in [0.1, 0.15) is 0 Å². The van der Waals surface area contributed by atoms with E-state index in [1.54, 1.807) is 6.20 Å². The van der Waals surface area contributed by atoms with E-state index in [4.69, 9.17) is 17.0 Å². The normalized spacial score (nSPS) is 18.3. The Hall–Kier alpha value is -3.19. The molecule has 0 saturated carbocycles. The van der Waals surface area contributed by atoms with Crippen LogP contribution in [0.5, 0.6) is 0 Å². The molecule has 6 nitrogen and oxygen atoms in total. The third-order valence-corrected chi connectivity index (χ3v) is 5.76. The average Bonchev–Trinajstić information content (AvgIpc) is 3.32. The van der Waals surface area contributed by atoms with Crippen LogP contribution in [-0.2, 0) is 9.53 Å². The fraction of sp³-hybridized carbons (Fsp3) is 0.261. The molecule has 1 saturated heterocycles. The smallest absolute Gasteiger partial charge is 0.307 e. The lowest BCUT2D eigenvalue weighted by molar-refractivity contribution is -0.140. The Morgan fingerprint density at radius 2 is 1.90 bits per heavy atom. The van der Waals surface area contributed by atoms with Crippen LogP contribution in [0, 0.1) is 6.92 Å². The number of rotatable bonds is 6. The van der Waals surface area contributed by atoms with Gasteiger partial charge in [-0.25, -0.2) is 0 Å². The Bertz CT molecular complexity index is 1040. The van der Waals surface area contributed by atoms with Crippen molar-refractivity contribution in [2.75, 3.05) is 13.7 Å². The van der Waals surface area contributed by atoms with Gasteiger partial charge in [0.15, 0.2) is 5.11 Å². The number of aryl methyl sites for hydroxylation is 1. The van der Waals surface area contributed by atoms with E-state index < -0.39 is 0 Å². The molecule has 0 bridgehead atoms. The molecule has 7 heteroatoms. The van der Waals surface area contributed by atoms with Crippen molar-refractivity contribution in [1.82, 2.24) is 19.8 Å². The number of benzene rings is 1. The van der Waals surface area contributed by atoms with Crippen LogP contribution < -0.4 is 5.32 Å². The van der Waals surface area contributed by atoms with Crippen LogP contribution in [0.15, 0.2) is 66.9 Å². The second kappa shape index (κ2) is 8.67. The second-order valence-electron chi connectivity index (χ2n) is 7.22. The Morgan fingerprint density at radius 3 is 2.60 bits per heavy atom. The van der Waals surface area contributed by atoms with Crippen LogP contribution in [0.2, 0.25) is 0 Å². The summed E-state index contributed by atoms with van der Waals surface area (Å²) >= 11 is 5.68. The summed E-state index contributed by atoms with van der Waals surface area (Å²) in [5, 5.41) is 4.04. The van der Waals surface area contributed by atoms with Gasteiger partial charge in [0.25, 0.3) is 0 Å². The third kappa shape index (κ3) is 3.80. The summed E-state index contributed by atoms with van der Waals surface area (Å²) in [5.41, 5.74) is 4.21. The van der Waals surface area contributed by atoms with E-state index in [-0.39, 0.29) is 24.5 Å². The van der Waals surface area contributed by atoms with Crippen molar-refractivity contribution in [2.45, 2.75) is 25.4 Å². The first-order chi connectivity index (χ1) is 14.6. The monoisotopic (exact) mass is 420 g/mol. The van der Waals surface area contributed by atoms with E-state index in [0.29, 0.717) is 11.7 Å². The van der Waals surface area contributed by atoms with E-state index >= 15 is 0 Å². The number of carbonyl (C=O) groups excluding carboxylic acids is 1. The molecule has 1 N–H and O–H groups in total. The van der Waals surface area contributed by atoms with E-state index in [1.165, 1.54) is 7.11 Å². The highest BCUT2D eigenvalue weighted by atomic mass is 32.1. The zero-order valence-corrected chi connectivity index (χ0v) is 17.8. The number of hydrogen-bond donors (Lipinski definition) is 1. The third-order valence-electron chi connectivity index (χ3n) is 5.41. The number of aromatic nitrogens is 2. The minimum Gasteiger partial charge on any atom is -0.469 e. The zero-order valence-electron chi connectivity index (χ0n) is 17.0. The summed E-state index contributed by atoms with van der Waals surface area (Å²) in [6.07, 6.45) is 2.05. The minimum absolute atomic E-state index is 0.119. The van der Waals surface area contributed by atoms with Crippen molar-refractivity contribution >= 4 is 23.3 Å². The maximum atomic E-state index is 11.8. The molecule has 154 valence electrons. The molecule has 2 aromatic heterocycles. The van der Waals surface area contributed by atoms with Gasteiger partial charge in [-0.05, 0) is 55.5 Å². The summed E-state index contributed by atoms with van der Waals surface area (Å²) in [7, 11) is 1.40. The van der Waals surface area contributed by atoms with E-state index in [9.17, 15) is 4.79 Å². The summed E-state index contributed by atoms with van der Waals surface area (Å²) in [4.78, 5) is 18.5. The summed E-state index contributed by atoms with van der Waals surface area (Å²) < 4.78 is 7.09. The molecule has 1 aliphatic rings. The van der Waals surface area contributed by atoms with Crippen molar-refractivity contribution in [3.05, 3.63) is 83.9 Å². The number of ether oxygens (including phenoxy) is 1. The number of hydrogen-bond acceptors (Lipinski definition) is 4. The van der Waals surface area contributed by atoms with Crippen molar-refractivity contribution < 1.29 is 9.53 Å². The SMILES string of the molecule is COC(=O)CCN1C(=S)NC(c2ccccn2)C1c1ccc(C)n1-c1ccccc1. The first-order valence-electron chi connectivity index (χ1n) is 9.88. The number of esters is 1. The number of nitrogens with one attached hydrogen (secondary N) is 1. The van der Waals surface area contributed by atoms with Gasteiger partial charge in [-0.1, -0.05) is 24.3 Å². The fourth-order valence-corrected chi connectivity index (χ4v) is 4.33. The first-order valence-corrected chi connectivity index (χ1v) is 10.3. The number of methoxy groups -OCH3 is 1. The van der Waals surface area contributed by atoms with Gasteiger partial charge in [-0.15, -0.1) is 0 Å². The van der Waals surface area contributed by atoms with Gasteiger partial charge in [-0.3, -0.25) is 9.78 Å². The van der Waals surface area contributed by atoms with E-state index in [1.807, 2.05) is 36.4 Å². The summed E-state index contributed by atoms with van der Waals surface area (Å²) in [5.74, 6) is -0.257. The molecule has 1 fully saturated rings. The number of para-hydroxylation sites is 1. The van der Waals surface area contributed by atoms with E-state index in [0.717, 1.165) is 22.8 Å². The highest BCUT2D eigenvalue weighted by Crippen LogP contribution is 2.40. The molecule has 0 amide bonds. The first kappa shape index (κ1) is 20.1. The fourth-order valence-electron chi connectivity index (χ4n) is 4.00. The highest BCUT2D eigenvalue weighted by molar-refractivity contribution is 7.80. The largest absolute Gasteiger partial charge is 0.469 e. The van der Waals surface area contributed by atoms with Crippen molar-refractivity contribution in [1.29, 1.82) is 0 Å². The molecule has 0 radical (unpaired) electrons. The number of nitrogens with zero attached hydrogens (tertiary/aromatic N) is 3. The molecular formula is C23H24N4O2S. The molecule has 3 heterocycles. The predicted molar refractivity (Wildman–Crippen MR) is 119 cm³/mol. The van der Waals surface area contributed by atoms with Crippen LogP contribution in [-0.4, -0.2) is 39.2 Å². The molecule has 1 aromatic carbocycles. The molecule has 2 unspecified atom stereocenters. The van der Waals surface area contributed by atoms with Crippen LogP contribution in [0.1, 0.15) is 35.6 Å². The topological polar surface area (TPSA) is 59.4 Å². The predicted octanol–water partition coefficient (Wildman–Crippen LogP) is 3.72. The van der Waals surface area contributed by atoms with Crippen molar-refractivity contribution in [3.63, 3.8) is 0 Å². The van der Waals surface area contributed by atoms with Gasteiger partial charge in [0.2, 0.25) is 0 Å². The Morgan fingerprint density at radius 1 is 1.13 bits per heavy atom. The van der Waals surface area contributed by atoms with Crippen LogP contribution in [0.25, 0.3) is 5.69 Å². The second-order valence-corrected chi connectivity index (χ2v) is 7.60. The lowest BCUT2D eigenvalue weighted by atomic mass is 10.0. The quantitative estimate of drug-likeness (QED) is 0.485. The standard InChI is InChI=1S/C23H24N4O2S/c1-16-11-12-19(27(16)17-8-4-3-5-9-17)22-21(18-10-6-7-14-24-18)25-23(30)26(22)15-13-20(28)29-2/h3-12,14,21-22H,13,15H2,1-2H3,(H,25,30). The maximum absolute atomic E-state index is 11.8. The number of thiocarbonyl (C=S) groups is 1. The van der Waals surface area contributed by atoms with Crippen LogP contribution in [0.3, 0.4) is 0 Å². The molecular weight excluding hydrogens is 396 g/mol. The van der Waals surface area contributed by atoms with Crippen molar-refractivity contribution in [3.8, 4) is 5.69 Å². The number of pyridine rings is 1. The Kier molecular flexibility index (Phi) is 5.81. The average molecular weight is 421 g/mol. The van der Waals surface area contributed by atoms with Crippen LogP contribution in [0.4, 0.5) is 0 Å². The Labute approximate surface area is 181 Å². The minimum atomic E-state index is -0.257. The number of carbonyl (C=O) groups is 1. The Balaban J connectivity index is 1.79. The lowest BCUT2D eigenvalue weighted by Gasteiger charge is -2.29. The molecule has 3 aromatic rings. The van der Waals surface area contributed by atoms with Gasteiger partial charge in [0.05, 0.1) is 31.3 Å². The van der Waals surface area contributed by atoms with Crippen molar-refractivity contribution in [2.24, 2.45) is 0 Å². The molecule has 30 heavy (non-hydrogen) atoms. The van der Waals surface area contributed by atoms with Gasteiger partial charge >= 0.3 is 5.97 Å². The molecule has 4 rings (SSSR count). The van der Waals surface area contributed by atoms with Gasteiger partial charge in [-0.2, -0.15) is 0 Å². The zero-order chi connectivity index (χ0) is 21.1. The summed E-state index contributed by atoms with van der Waals surface area (Å²) in [6.45, 7) is 2.55. The lowest BCUT2D eigenvalue weighted by Crippen LogP contribution is -2.32. The van der Waals surface area contributed by atoms with Gasteiger partial charge < -0.3 is 19.5 Å². The highest BCUT2D eigenvalue weighted by Gasteiger charge is 2.41. The molecule has 0 aliphatic carbocycles.